The molecule has 0 aliphatic carbocycles. The minimum atomic E-state index is -0.542. The van der Waals surface area contributed by atoms with Gasteiger partial charge in [-0.3, -0.25) is 14.6 Å². The molecule has 0 unspecified atom stereocenters. The van der Waals surface area contributed by atoms with Gasteiger partial charge < -0.3 is 0 Å². The topological polar surface area (TPSA) is 64.4 Å². The van der Waals surface area contributed by atoms with E-state index in [0.717, 1.165) is 11.1 Å². The van der Waals surface area contributed by atoms with Crippen LogP contribution in [0.15, 0.2) is 48.5 Å². The first-order chi connectivity index (χ1) is 11.5. The standard InChI is InChI=1S/C19H17N3O2/c1-13-6-8-17(9-7-13)22-14(2)18(23)21(19(22)24)12-16-5-3-4-15(10-16)11-20/h3-10,14H,12H2,1-2H3/t14-/m0/s1. The van der Waals surface area contributed by atoms with Gasteiger partial charge in [0.2, 0.25) is 0 Å². The minimum Gasteiger partial charge on any atom is -0.282 e. The zero-order valence-electron chi connectivity index (χ0n) is 13.6. The first kappa shape index (κ1) is 15.8. The second-order valence-corrected chi connectivity index (χ2v) is 5.90. The second kappa shape index (κ2) is 6.17. The van der Waals surface area contributed by atoms with Crippen molar-refractivity contribution in [2.24, 2.45) is 0 Å². The highest BCUT2D eigenvalue weighted by molar-refractivity contribution is 6.13. The van der Waals surface area contributed by atoms with Crippen molar-refractivity contribution in [3.8, 4) is 6.07 Å². The van der Waals surface area contributed by atoms with Crippen molar-refractivity contribution in [1.29, 1.82) is 5.26 Å². The lowest BCUT2D eigenvalue weighted by molar-refractivity contribution is -0.127. The van der Waals surface area contributed by atoms with E-state index < -0.39 is 6.04 Å². The molecule has 0 saturated carbocycles. The van der Waals surface area contributed by atoms with E-state index >= 15 is 0 Å². The molecule has 0 N–H and O–H groups in total. The summed E-state index contributed by atoms with van der Waals surface area (Å²) in [4.78, 5) is 28.0. The van der Waals surface area contributed by atoms with E-state index in [1.807, 2.05) is 31.2 Å². The van der Waals surface area contributed by atoms with Gasteiger partial charge in [-0.2, -0.15) is 5.26 Å². The van der Waals surface area contributed by atoms with Gasteiger partial charge >= 0.3 is 6.03 Å². The SMILES string of the molecule is Cc1ccc(N2C(=O)N(Cc3cccc(C#N)c3)C(=O)[C@@H]2C)cc1. The molecule has 0 spiro atoms. The molecule has 1 aliphatic rings. The molecule has 5 heteroatoms. The zero-order chi connectivity index (χ0) is 17.3. The minimum absolute atomic E-state index is 0.167. The fourth-order valence-corrected chi connectivity index (χ4v) is 2.83. The van der Waals surface area contributed by atoms with E-state index in [2.05, 4.69) is 6.07 Å². The highest BCUT2D eigenvalue weighted by Gasteiger charge is 2.43. The summed E-state index contributed by atoms with van der Waals surface area (Å²) in [5.41, 5.74) is 3.07. The summed E-state index contributed by atoms with van der Waals surface area (Å²) in [7, 11) is 0. The number of carbonyl (C=O) groups is 2. The van der Waals surface area contributed by atoms with Crippen LogP contribution in [0, 0.1) is 18.3 Å². The Morgan fingerprint density at radius 3 is 2.50 bits per heavy atom. The van der Waals surface area contributed by atoms with E-state index in [9.17, 15) is 9.59 Å². The van der Waals surface area contributed by atoms with Gasteiger partial charge in [-0.15, -0.1) is 0 Å². The van der Waals surface area contributed by atoms with Crippen molar-refractivity contribution in [2.75, 3.05) is 4.90 Å². The number of anilines is 1. The molecule has 2 aromatic rings. The lowest BCUT2D eigenvalue weighted by Crippen LogP contribution is -2.33. The van der Waals surface area contributed by atoms with E-state index in [1.165, 1.54) is 9.80 Å². The van der Waals surface area contributed by atoms with Gasteiger partial charge in [-0.1, -0.05) is 29.8 Å². The van der Waals surface area contributed by atoms with Crippen molar-refractivity contribution in [1.82, 2.24) is 4.90 Å². The van der Waals surface area contributed by atoms with Crippen LogP contribution < -0.4 is 4.90 Å². The number of benzene rings is 2. The molecule has 3 amide bonds. The maximum atomic E-state index is 12.7. The first-order valence-electron chi connectivity index (χ1n) is 7.71. The third-order valence-electron chi connectivity index (χ3n) is 4.16. The number of aryl methyl sites for hydroxylation is 1. The number of carbonyl (C=O) groups excluding carboxylic acids is 2. The number of nitriles is 1. The molecule has 3 rings (SSSR count). The summed E-state index contributed by atoms with van der Waals surface area (Å²) in [6.07, 6.45) is 0. The first-order valence-corrected chi connectivity index (χ1v) is 7.71. The van der Waals surface area contributed by atoms with Gasteiger partial charge in [0.05, 0.1) is 18.2 Å². The summed E-state index contributed by atoms with van der Waals surface area (Å²) >= 11 is 0. The molecule has 24 heavy (non-hydrogen) atoms. The van der Waals surface area contributed by atoms with Gasteiger partial charge in [-0.25, -0.2) is 4.79 Å². The lowest BCUT2D eigenvalue weighted by atomic mass is 10.1. The van der Waals surface area contributed by atoms with Crippen LogP contribution in [0.1, 0.15) is 23.6 Å². The fourth-order valence-electron chi connectivity index (χ4n) is 2.83. The highest BCUT2D eigenvalue weighted by atomic mass is 16.2. The molecule has 0 radical (unpaired) electrons. The lowest BCUT2D eigenvalue weighted by Gasteiger charge is -2.19. The maximum Gasteiger partial charge on any atom is 0.332 e. The van der Waals surface area contributed by atoms with E-state index in [4.69, 9.17) is 5.26 Å². The van der Waals surface area contributed by atoms with Crippen LogP contribution in [0.4, 0.5) is 10.5 Å². The van der Waals surface area contributed by atoms with Crippen molar-refractivity contribution in [2.45, 2.75) is 26.4 Å². The largest absolute Gasteiger partial charge is 0.332 e. The quantitative estimate of drug-likeness (QED) is 0.816. The van der Waals surface area contributed by atoms with Crippen molar-refractivity contribution in [3.05, 3.63) is 65.2 Å². The molecule has 1 fully saturated rings. The van der Waals surface area contributed by atoms with Gasteiger partial charge in [0.25, 0.3) is 5.91 Å². The van der Waals surface area contributed by atoms with Crippen LogP contribution in [0.5, 0.6) is 0 Å². The molecular weight excluding hydrogens is 302 g/mol. The average molecular weight is 319 g/mol. The monoisotopic (exact) mass is 319 g/mol. The number of urea groups is 1. The predicted molar refractivity (Wildman–Crippen MR) is 90.2 cm³/mol. The molecule has 1 atom stereocenters. The van der Waals surface area contributed by atoms with Gasteiger partial charge in [0.15, 0.2) is 0 Å². The smallest absolute Gasteiger partial charge is 0.282 e. The molecule has 1 heterocycles. The Bertz CT molecular complexity index is 836. The normalized spacial score (nSPS) is 17.3. The molecule has 0 bridgehead atoms. The molecule has 1 aliphatic heterocycles. The van der Waals surface area contributed by atoms with Crippen molar-refractivity contribution < 1.29 is 9.59 Å². The van der Waals surface area contributed by atoms with Crippen LogP contribution in [-0.4, -0.2) is 22.9 Å². The Balaban J connectivity index is 1.87. The molecule has 1 saturated heterocycles. The Labute approximate surface area is 140 Å². The Kier molecular flexibility index (Phi) is 4.05. The number of rotatable bonds is 3. The van der Waals surface area contributed by atoms with Gasteiger partial charge in [0.1, 0.15) is 6.04 Å². The number of nitrogens with zero attached hydrogens (tertiary/aromatic N) is 3. The molecule has 0 aromatic heterocycles. The number of hydrogen-bond acceptors (Lipinski definition) is 3. The Hall–Kier alpha value is -3.13. The van der Waals surface area contributed by atoms with E-state index in [1.54, 1.807) is 31.2 Å². The fraction of sp³-hybridized carbons (Fsp3) is 0.211. The third kappa shape index (κ3) is 2.74. The molecule has 5 nitrogen and oxygen atoms in total. The van der Waals surface area contributed by atoms with Crippen molar-refractivity contribution in [3.63, 3.8) is 0 Å². The average Bonchev–Trinajstić information content (AvgIpc) is 2.80. The predicted octanol–water partition coefficient (Wildman–Crippen LogP) is 3.22. The Morgan fingerprint density at radius 1 is 1.12 bits per heavy atom. The van der Waals surface area contributed by atoms with Gasteiger partial charge in [-0.05, 0) is 43.7 Å². The summed E-state index contributed by atoms with van der Waals surface area (Å²) in [5, 5.41) is 8.98. The number of hydrogen-bond donors (Lipinski definition) is 0. The summed E-state index contributed by atoms with van der Waals surface area (Å²) in [6, 6.07) is 15.7. The molecule has 120 valence electrons. The maximum absolute atomic E-state index is 12.7. The van der Waals surface area contributed by atoms with Gasteiger partial charge in [0, 0.05) is 5.69 Å². The van der Waals surface area contributed by atoms with Crippen LogP contribution in [0.25, 0.3) is 0 Å². The van der Waals surface area contributed by atoms with E-state index in [-0.39, 0.29) is 18.5 Å². The summed E-state index contributed by atoms with van der Waals surface area (Å²) < 4.78 is 0. The Morgan fingerprint density at radius 2 is 1.83 bits per heavy atom. The zero-order valence-corrected chi connectivity index (χ0v) is 13.6. The van der Waals surface area contributed by atoms with Crippen LogP contribution >= 0.6 is 0 Å². The molecular formula is C19H17N3O2. The van der Waals surface area contributed by atoms with Crippen LogP contribution in [0.3, 0.4) is 0 Å². The van der Waals surface area contributed by atoms with Crippen LogP contribution in [-0.2, 0) is 11.3 Å². The van der Waals surface area contributed by atoms with Crippen molar-refractivity contribution >= 4 is 17.6 Å². The third-order valence-corrected chi connectivity index (χ3v) is 4.16. The van der Waals surface area contributed by atoms with Crippen LogP contribution in [0.2, 0.25) is 0 Å². The number of imide groups is 1. The van der Waals surface area contributed by atoms with E-state index in [0.29, 0.717) is 11.3 Å². The molecule has 2 aromatic carbocycles. The number of amides is 3. The summed E-state index contributed by atoms with van der Waals surface area (Å²) in [6.45, 7) is 3.87. The summed E-state index contributed by atoms with van der Waals surface area (Å²) in [5.74, 6) is -0.233. The second-order valence-electron chi connectivity index (χ2n) is 5.90. The highest BCUT2D eigenvalue weighted by Crippen LogP contribution is 2.27.